The largest absolute Gasteiger partial charge is 0.340 e. The summed E-state index contributed by atoms with van der Waals surface area (Å²) in [6.45, 7) is 6.84. The lowest BCUT2D eigenvalue weighted by Crippen LogP contribution is -2.52. The van der Waals surface area contributed by atoms with Gasteiger partial charge in [-0.25, -0.2) is 13.0 Å². The van der Waals surface area contributed by atoms with Gasteiger partial charge in [-0.15, -0.1) is 0 Å². The van der Waals surface area contributed by atoms with Crippen LogP contribution in [0, 0.1) is 5.41 Å². The van der Waals surface area contributed by atoms with Gasteiger partial charge in [-0.05, 0) is 22.4 Å². The molecule has 0 N–H and O–H groups in total. The summed E-state index contributed by atoms with van der Waals surface area (Å²) in [5, 5.41) is 7.38. The quantitative estimate of drug-likeness (QED) is 0.803. The van der Waals surface area contributed by atoms with Crippen LogP contribution in [0.2, 0.25) is 0 Å². The van der Waals surface area contributed by atoms with Gasteiger partial charge in [-0.1, -0.05) is 26.8 Å². The second-order valence-corrected chi connectivity index (χ2v) is 8.74. The Hall–Kier alpha value is -2.00. The van der Waals surface area contributed by atoms with Crippen molar-refractivity contribution in [3.8, 4) is 0 Å². The third-order valence-electron chi connectivity index (χ3n) is 4.03. The Bertz CT molecular complexity index is 861. The molecule has 1 saturated heterocycles. The van der Waals surface area contributed by atoms with Crippen molar-refractivity contribution in [2.75, 3.05) is 26.2 Å². The number of sulfonamides is 1. The molecule has 0 spiro atoms. The highest BCUT2D eigenvalue weighted by Gasteiger charge is 2.34. The molecule has 9 heteroatoms. The molecule has 2 aromatic rings. The average Bonchev–Trinajstić information content (AvgIpc) is 3.01. The van der Waals surface area contributed by atoms with E-state index in [1.807, 2.05) is 20.8 Å². The summed E-state index contributed by atoms with van der Waals surface area (Å²) in [5.74, 6) is 0.0300. The van der Waals surface area contributed by atoms with Crippen LogP contribution in [0.4, 0.5) is 0 Å². The molecule has 1 aromatic heterocycles. The molecule has 0 unspecified atom stereocenters. The lowest BCUT2D eigenvalue weighted by Gasteiger charge is -2.37. The van der Waals surface area contributed by atoms with Crippen LogP contribution in [-0.2, 0) is 14.8 Å². The van der Waals surface area contributed by atoms with Crippen LogP contribution >= 0.6 is 0 Å². The zero-order valence-corrected chi connectivity index (χ0v) is 14.7. The molecule has 0 radical (unpaired) electrons. The molecule has 1 aromatic carbocycles. The van der Waals surface area contributed by atoms with Crippen molar-refractivity contribution in [1.82, 2.24) is 19.5 Å². The van der Waals surface area contributed by atoms with E-state index in [9.17, 15) is 13.2 Å². The first-order chi connectivity index (χ1) is 11.2. The number of piperazine rings is 1. The summed E-state index contributed by atoms with van der Waals surface area (Å²) in [5.41, 5.74) is 0.155. The summed E-state index contributed by atoms with van der Waals surface area (Å²) in [6, 6.07) is 4.75. The van der Waals surface area contributed by atoms with Crippen molar-refractivity contribution in [2.24, 2.45) is 5.41 Å². The first-order valence-electron chi connectivity index (χ1n) is 7.72. The van der Waals surface area contributed by atoms with E-state index >= 15 is 0 Å². The monoisotopic (exact) mass is 352 g/mol. The molecule has 3 rings (SSSR count). The fraction of sp³-hybridized carbons (Fsp3) is 0.533. The molecule has 1 amide bonds. The summed E-state index contributed by atoms with van der Waals surface area (Å²) in [6.07, 6.45) is 0. The normalized spacial score (nSPS) is 17.4. The highest BCUT2D eigenvalue weighted by Crippen LogP contribution is 2.25. The van der Waals surface area contributed by atoms with Gasteiger partial charge in [-0.2, -0.15) is 4.31 Å². The van der Waals surface area contributed by atoms with Crippen LogP contribution in [-0.4, -0.2) is 60.0 Å². The van der Waals surface area contributed by atoms with Crippen molar-refractivity contribution >= 4 is 27.0 Å². The highest BCUT2D eigenvalue weighted by molar-refractivity contribution is 7.89. The number of nitrogens with zero attached hydrogens (tertiary/aromatic N) is 4. The summed E-state index contributed by atoms with van der Waals surface area (Å²) < 4.78 is 31.8. The van der Waals surface area contributed by atoms with E-state index in [2.05, 4.69) is 14.9 Å². The third kappa shape index (κ3) is 2.89. The molecule has 1 aliphatic heterocycles. The highest BCUT2D eigenvalue weighted by atomic mass is 32.2. The van der Waals surface area contributed by atoms with Crippen molar-refractivity contribution in [3.05, 3.63) is 18.2 Å². The Morgan fingerprint density at radius 3 is 2.42 bits per heavy atom. The van der Waals surface area contributed by atoms with Gasteiger partial charge >= 0.3 is 0 Å². The first-order valence-corrected chi connectivity index (χ1v) is 9.16. The maximum Gasteiger partial charge on any atom is 0.245 e. The molecular weight excluding hydrogens is 332 g/mol. The lowest BCUT2D eigenvalue weighted by molar-refractivity contribution is -0.140. The zero-order chi connectivity index (χ0) is 17.5. The average molecular weight is 352 g/mol. The van der Waals surface area contributed by atoms with Crippen LogP contribution < -0.4 is 0 Å². The molecule has 1 aliphatic rings. The number of fused-ring (bicyclic) bond motifs is 1. The number of benzene rings is 1. The fourth-order valence-electron chi connectivity index (χ4n) is 2.73. The number of hydrogen-bond donors (Lipinski definition) is 0. The zero-order valence-electron chi connectivity index (χ0n) is 13.9. The molecule has 0 saturated carbocycles. The van der Waals surface area contributed by atoms with Crippen LogP contribution in [0.3, 0.4) is 0 Å². The van der Waals surface area contributed by atoms with E-state index in [0.29, 0.717) is 18.6 Å². The number of carbonyl (C=O) groups is 1. The Morgan fingerprint density at radius 1 is 1.12 bits per heavy atom. The van der Waals surface area contributed by atoms with Gasteiger partial charge in [0.1, 0.15) is 10.4 Å². The maximum atomic E-state index is 12.9. The van der Waals surface area contributed by atoms with Crippen molar-refractivity contribution < 1.29 is 17.8 Å². The van der Waals surface area contributed by atoms with Crippen LogP contribution in [0.25, 0.3) is 11.0 Å². The van der Waals surface area contributed by atoms with Crippen LogP contribution in [0.15, 0.2) is 27.7 Å². The Labute approximate surface area is 140 Å². The Morgan fingerprint density at radius 2 is 1.79 bits per heavy atom. The Kier molecular flexibility index (Phi) is 4.08. The second kappa shape index (κ2) is 5.82. The molecular formula is C15H20N4O4S. The molecule has 2 heterocycles. The van der Waals surface area contributed by atoms with Gasteiger partial charge in [0.05, 0.1) is 0 Å². The van der Waals surface area contributed by atoms with Crippen molar-refractivity contribution in [3.63, 3.8) is 0 Å². The SMILES string of the molecule is CC(C)(C)C(=O)N1CCN(S(=O)(=O)c2cccc3nonc23)CC1. The minimum absolute atomic E-state index is 0.0300. The van der Waals surface area contributed by atoms with E-state index in [4.69, 9.17) is 0 Å². The van der Waals surface area contributed by atoms with Crippen LogP contribution in [0.1, 0.15) is 20.8 Å². The van der Waals surface area contributed by atoms with Gasteiger partial charge in [0.2, 0.25) is 15.9 Å². The molecule has 0 aliphatic carbocycles. The van der Waals surface area contributed by atoms with E-state index in [1.165, 1.54) is 10.4 Å². The predicted octanol–water partition coefficient (Wildman–Crippen LogP) is 1.10. The summed E-state index contributed by atoms with van der Waals surface area (Å²) in [7, 11) is -3.71. The molecule has 8 nitrogen and oxygen atoms in total. The number of hydrogen-bond acceptors (Lipinski definition) is 6. The molecule has 130 valence electrons. The van der Waals surface area contributed by atoms with Gasteiger partial charge in [0.25, 0.3) is 0 Å². The Balaban J connectivity index is 1.81. The van der Waals surface area contributed by atoms with Crippen LogP contribution in [0.5, 0.6) is 0 Å². The predicted molar refractivity (Wildman–Crippen MR) is 86.6 cm³/mol. The van der Waals surface area contributed by atoms with Gasteiger partial charge in [-0.3, -0.25) is 4.79 Å². The second-order valence-electron chi connectivity index (χ2n) is 6.83. The number of aromatic nitrogens is 2. The smallest absolute Gasteiger partial charge is 0.245 e. The van der Waals surface area contributed by atoms with Gasteiger partial charge in [0, 0.05) is 31.6 Å². The third-order valence-corrected chi connectivity index (χ3v) is 5.96. The topological polar surface area (TPSA) is 96.6 Å². The minimum atomic E-state index is -3.71. The molecule has 0 bridgehead atoms. The van der Waals surface area contributed by atoms with E-state index in [0.717, 1.165) is 0 Å². The number of carbonyl (C=O) groups excluding carboxylic acids is 1. The first kappa shape index (κ1) is 16.8. The van der Waals surface area contributed by atoms with Gasteiger partial charge in [0.15, 0.2) is 5.52 Å². The summed E-state index contributed by atoms with van der Waals surface area (Å²) >= 11 is 0. The van der Waals surface area contributed by atoms with E-state index in [-0.39, 0.29) is 29.4 Å². The standard InChI is InChI=1S/C15H20N4O4S/c1-15(2,3)14(20)18-7-9-19(10-8-18)24(21,22)12-6-4-5-11-13(12)17-23-16-11/h4-6H,7-10H2,1-3H3. The summed E-state index contributed by atoms with van der Waals surface area (Å²) in [4.78, 5) is 14.1. The fourth-order valence-corrected chi connectivity index (χ4v) is 4.29. The molecule has 1 fully saturated rings. The van der Waals surface area contributed by atoms with Crippen molar-refractivity contribution in [2.45, 2.75) is 25.7 Å². The molecule has 0 atom stereocenters. The van der Waals surface area contributed by atoms with E-state index in [1.54, 1.807) is 17.0 Å². The lowest BCUT2D eigenvalue weighted by atomic mass is 9.94. The van der Waals surface area contributed by atoms with Gasteiger partial charge < -0.3 is 4.90 Å². The number of amides is 1. The van der Waals surface area contributed by atoms with E-state index < -0.39 is 15.4 Å². The van der Waals surface area contributed by atoms with Crippen molar-refractivity contribution in [1.29, 1.82) is 0 Å². The maximum absolute atomic E-state index is 12.9. The minimum Gasteiger partial charge on any atom is -0.340 e. The number of rotatable bonds is 2. The molecule has 24 heavy (non-hydrogen) atoms.